The summed E-state index contributed by atoms with van der Waals surface area (Å²) >= 11 is 0. The number of hydrogen-bond acceptors (Lipinski definition) is 3. The smallest absolute Gasteiger partial charge is 0.119 e. The van der Waals surface area contributed by atoms with E-state index in [0.29, 0.717) is 12.0 Å². The Kier molecular flexibility index (Phi) is 5.87. The van der Waals surface area contributed by atoms with Crippen LogP contribution in [0.15, 0.2) is 48.5 Å². The number of hydrogen-bond donors (Lipinski definition) is 0. The van der Waals surface area contributed by atoms with Gasteiger partial charge in [-0.1, -0.05) is 42.8 Å². The minimum absolute atomic E-state index is 0.480. The fraction of sp³-hybridized carbons (Fsp3) is 0.538. The molecule has 3 heterocycles. The lowest BCUT2D eigenvalue weighted by Crippen LogP contribution is -2.34. The van der Waals surface area contributed by atoms with Crippen LogP contribution < -0.4 is 4.74 Å². The summed E-state index contributed by atoms with van der Waals surface area (Å²) in [6.07, 6.45) is 7.86. The van der Waals surface area contributed by atoms with Gasteiger partial charge in [-0.15, -0.1) is 0 Å². The summed E-state index contributed by atoms with van der Waals surface area (Å²) in [6.45, 7) is 6.93. The Balaban J connectivity index is 1.29. The molecule has 2 fully saturated rings. The van der Waals surface area contributed by atoms with E-state index in [-0.39, 0.29) is 0 Å². The van der Waals surface area contributed by atoms with Gasteiger partial charge < -0.3 is 9.64 Å². The average Bonchev–Trinajstić information content (AvgIpc) is 3.26. The van der Waals surface area contributed by atoms with Crippen LogP contribution in [0, 0.1) is 0 Å². The van der Waals surface area contributed by atoms with Gasteiger partial charge in [0, 0.05) is 25.0 Å². The van der Waals surface area contributed by atoms with E-state index in [1.54, 1.807) is 0 Å². The van der Waals surface area contributed by atoms with Crippen LogP contribution in [0.25, 0.3) is 0 Å². The molecule has 0 bridgehead atoms. The third-order valence-electron chi connectivity index (χ3n) is 7.11. The van der Waals surface area contributed by atoms with Gasteiger partial charge in [-0.2, -0.15) is 0 Å². The Bertz CT molecular complexity index is 800. The third kappa shape index (κ3) is 4.22. The molecule has 3 nitrogen and oxygen atoms in total. The Morgan fingerprint density at radius 1 is 0.862 bits per heavy atom. The standard InChI is InChI=1S/C26H34N2O/c1-3-9-21(10-4-1)25-20-28-17-7-11-26(28)24-19-22(12-13-23(24)25)29-18-8-16-27-14-5-2-6-15-27/h1,3-4,9-10,12-13,19,25-26H,2,5-8,11,14-18,20H2/t25-,26+/m0/s1. The van der Waals surface area contributed by atoms with E-state index in [0.717, 1.165) is 25.3 Å². The first-order valence-corrected chi connectivity index (χ1v) is 11.7. The molecule has 154 valence electrons. The lowest BCUT2D eigenvalue weighted by Gasteiger charge is -2.37. The second-order valence-corrected chi connectivity index (χ2v) is 9.01. The number of benzene rings is 2. The van der Waals surface area contributed by atoms with Gasteiger partial charge in [0.25, 0.3) is 0 Å². The van der Waals surface area contributed by atoms with E-state index < -0.39 is 0 Å². The van der Waals surface area contributed by atoms with Crippen molar-refractivity contribution >= 4 is 0 Å². The van der Waals surface area contributed by atoms with Gasteiger partial charge in [0.15, 0.2) is 0 Å². The van der Waals surface area contributed by atoms with Crippen molar-refractivity contribution in [2.75, 3.05) is 39.3 Å². The third-order valence-corrected chi connectivity index (χ3v) is 7.11. The maximum Gasteiger partial charge on any atom is 0.119 e. The van der Waals surface area contributed by atoms with E-state index in [4.69, 9.17) is 4.74 Å². The quantitative estimate of drug-likeness (QED) is 0.629. The van der Waals surface area contributed by atoms with Crippen LogP contribution in [0.2, 0.25) is 0 Å². The monoisotopic (exact) mass is 390 g/mol. The SMILES string of the molecule is c1ccc([C@@H]2CN3CCC[C@@H]3c3cc(OCCCN4CCCCC4)ccc32)cc1. The molecule has 3 aliphatic heterocycles. The molecule has 0 unspecified atom stereocenters. The fourth-order valence-electron chi connectivity index (χ4n) is 5.61. The van der Waals surface area contributed by atoms with Crippen LogP contribution in [0.4, 0.5) is 0 Å². The van der Waals surface area contributed by atoms with Crippen LogP contribution in [0.5, 0.6) is 5.75 Å². The molecule has 2 saturated heterocycles. The van der Waals surface area contributed by atoms with Gasteiger partial charge >= 0.3 is 0 Å². The van der Waals surface area contributed by atoms with Gasteiger partial charge in [0.05, 0.1) is 6.61 Å². The van der Waals surface area contributed by atoms with Crippen molar-refractivity contribution in [3.05, 3.63) is 65.2 Å². The molecule has 3 aliphatic rings. The Morgan fingerprint density at radius 3 is 2.59 bits per heavy atom. The molecule has 0 N–H and O–H groups in total. The number of likely N-dealkylation sites (tertiary alicyclic amines) is 1. The van der Waals surface area contributed by atoms with Crippen LogP contribution in [-0.2, 0) is 0 Å². The second kappa shape index (κ2) is 8.89. The van der Waals surface area contributed by atoms with Crippen LogP contribution in [0.3, 0.4) is 0 Å². The first-order chi connectivity index (χ1) is 14.4. The number of piperidine rings is 1. The van der Waals surface area contributed by atoms with Crippen molar-refractivity contribution < 1.29 is 4.74 Å². The Morgan fingerprint density at radius 2 is 1.72 bits per heavy atom. The van der Waals surface area contributed by atoms with E-state index in [9.17, 15) is 0 Å². The zero-order valence-electron chi connectivity index (χ0n) is 17.6. The fourth-order valence-corrected chi connectivity index (χ4v) is 5.61. The van der Waals surface area contributed by atoms with Gasteiger partial charge in [-0.3, -0.25) is 4.90 Å². The predicted molar refractivity (Wildman–Crippen MR) is 119 cm³/mol. The molecule has 2 aromatic carbocycles. The number of nitrogens with zero attached hydrogens (tertiary/aromatic N) is 2. The number of ether oxygens (including phenoxy) is 1. The Hall–Kier alpha value is -1.84. The Labute approximate surface area is 175 Å². The molecule has 2 aromatic rings. The lowest BCUT2D eigenvalue weighted by molar-refractivity contribution is 0.204. The zero-order valence-corrected chi connectivity index (χ0v) is 17.6. The number of rotatable bonds is 6. The maximum atomic E-state index is 6.21. The molecule has 2 atom stereocenters. The van der Waals surface area contributed by atoms with Gasteiger partial charge in [0.1, 0.15) is 5.75 Å². The summed E-state index contributed by atoms with van der Waals surface area (Å²) in [4.78, 5) is 5.29. The molecule has 3 heteroatoms. The first kappa shape index (κ1) is 19.1. The minimum Gasteiger partial charge on any atom is -0.494 e. The van der Waals surface area contributed by atoms with Crippen molar-refractivity contribution in [3.63, 3.8) is 0 Å². The normalized spacial score (nSPS) is 24.8. The lowest BCUT2D eigenvalue weighted by atomic mass is 9.81. The van der Waals surface area contributed by atoms with E-state index >= 15 is 0 Å². The molecule has 5 rings (SSSR count). The zero-order chi connectivity index (χ0) is 19.5. The van der Waals surface area contributed by atoms with Gasteiger partial charge in [0.2, 0.25) is 0 Å². The highest BCUT2D eigenvalue weighted by Crippen LogP contribution is 2.45. The topological polar surface area (TPSA) is 15.7 Å². The van der Waals surface area contributed by atoms with Crippen LogP contribution in [-0.4, -0.2) is 49.1 Å². The van der Waals surface area contributed by atoms with Gasteiger partial charge in [-0.05, 0) is 80.6 Å². The predicted octanol–water partition coefficient (Wildman–Crippen LogP) is 5.22. The van der Waals surface area contributed by atoms with Crippen molar-refractivity contribution in [1.82, 2.24) is 9.80 Å². The molecular weight excluding hydrogens is 356 g/mol. The van der Waals surface area contributed by atoms with Crippen molar-refractivity contribution in [1.29, 1.82) is 0 Å². The molecular formula is C26H34N2O. The average molecular weight is 391 g/mol. The first-order valence-electron chi connectivity index (χ1n) is 11.7. The van der Waals surface area contributed by atoms with Crippen LogP contribution >= 0.6 is 0 Å². The summed E-state index contributed by atoms with van der Waals surface area (Å²) in [7, 11) is 0. The molecule has 0 amide bonds. The minimum atomic E-state index is 0.480. The maximum absolute atomic E-state index is 6.21. The second-order valence-electron chi connectivity index (χ2n) is 9.01. The summed E-state index contributed by atoms with van der Waals surface area (Å²) < 4.78 is 6.21. The summed E-state index contributed by atoms with van der Waals surface area (Å²) in [5, 5.41) is 0. The highest BCUT2D eigenvalue weighted by molar-refractivity contribution is 5.46. The number of fused-ring (bicyclic) bond motifs is 3. The summed E-state index contributed by atoms with van der Waals surface area (Å²) in [5.74, 6) is 1.54. The van der Waals surface area contributed by atoms with Gasteiger partial charge in [-0.25, -0.2) is 0 Å². The van der Waals surface area contributed by atoms with Crippen molar-refractivity contribution in [2.24, 2.45) is 0 Å². The summed E-state index contributed by atoms with van der Waals surface area (Å²) in [5.41, 5.74) is 4.46. The van der Waals surface area contributed by atoms with Crippen molar-refractivity contribution in [3.8, 4) is 5.75 Å². The highest BCUT2D eigenvalue weighted by Gasteiger charge is 2.36. The molecule has 29 heavy (non-hydrogen) atoms. The van der Waals surface area contributed by atoms with E-state index in [1.807, 2.05) is 0 Å². The molecule has 0 aromatic heterocycles. The molecule has 0 saturated carbocycles. The molecule has 0 spiro atoms. The van der Waals surface area contributed by atoms with E-state index in [1.165, 1.54) is 75.0 Å². The van der Waals surface area contributed by atoms with E-state index in [2.05, 4.69) is 58.3 Å². The van der Waals surface area contributed by atoms with Crippen molar-refractivity contribution in [2.45, 2.75) is 50.5 Å². The van der Waals surface area contributed by atoms with Crippen LogP contribution in [0.1, 0.15) is 67.2 Å². The highest BCUT2D eigenvalue weighted by atomic mass is 16.5. The molecule has 0 radical (unpaired) electrons. The summed E-state index contributed by atoms with van der Waals surface area (Å²) in [6, 6.07) is 18.5. The molecule has 0 aliphatic carbocycles. The largest absolute Gasteiger partial charge is 0.494 e.